The second kappa shape index (κ2) is 15.0. The molecule has 4 heterocycles. The number of H-pyrrole nitrogens is 2. The largest absolute Gasteiger partial charge is 0.395 e. The Bertz CT molecular complexity index is 2880. The zero-order chi connectivity index (χ0) is 41.9. The van der Waals surface area contributed by atoms with E-state index in [2.05, 4.69) is 10.2 Å². The summed E-state index contributed by atoms with van der Waals surface area (Å²) < 4.78 is 26.7. The van der Waals surface area contributed by atoms with Crippen LogP contribution in [0.4, 0.5) is 9.80 Å². The number of carbonyl (C=O) groups is 2. The maximum Gasteiger partial charge on any atom is 0.279 e. The zero-order valence-corrected chi connectivity index (χ0v) is 34.5. The average Bonchev–Trinajstić information content (AvgIpc) is 3.93. The lowest BCUT2D eigenvalue weighted by Gasteiger charge is -2.31. The van der Waals surface area contributed by atoms with Crippen molar-refractivity contribution in [3.63, 3.8) is 0 Å². The summed E-state index contributed by atoms with van der Waals surface area (Å²) in [4.78, 5) is 59.5. The number of aromatic nitrogens is 4. The average molecular weight is 825 g/mol. The number of hydrogen-bond donors (Lipinski definition) is 3. The summed E-state index contributed by atoms with van der Waals surface area (Å²) in [5.41, 5.74) is 2.23. The van der Waals surface area contributed by atoms with E-state index in [1.54, 1.807) is 59.3 Å². The third-order valence-electron chi connectivity index (χ3n) is 12.2. The molecule has 2 aromatic heterocycles. The summed E-state index contributed by atoms with van der Waals surface area (Å²) in [5.74, 6) is -1.41. The molecule has 2 aliphatic rings. The normalized spacial score (nSPS) is 20.1. The van der Waals surface area contributed by atoms with Crippen LogP contribution in [0.1, 0.15) is 30.0 Å². The minimum absolute atomic E-state index is 0.0775. The van der Waals surface area contributed by atoms with Crippen LogP contribution in [0.2, 0.25) is 18.6 Å². The molecule has 2 amide bonds. The summed E-state index contributed by atoms with van der Waals surface area (Å²) >= 11 is 0. The van der Waals surface area contributed by atoms with Crippen LogP contribution in [0.25, 0.3) is 33.2 Å². The number of benzene rings is 5. The van der Waals surface area contributed by atoms with Crippen molar-refractivity contribution in [2.45, 2.75) is 56.8 Å². The van der Waals surface area contributed by atoms with Crippen LogP contribution in [0.15, 0.2) is 131 Å². The van der Waals surface area contributed by atoms with E-state index in [1.165, 1.54) is 9.36 Å². The summed E-state index contributed by atoms with van der Waals surface area (Å²) in [5, 5.41) is 17.3. The van der Waals surface area contributed by atoms with Gasteiger partial charge >= 0.3 is 0 Å². The molecule has 0 saturated carbocycles. The second-order valence-electron chi connectivity index (χ2n) is 16.4. The lowest BCUT2D eigenvalue weighted by atomic mass is 9.82. The van der Waals surface area contributed by atoms with E-state index in [9.17, 15) is 19.5 Å². The van der Waals surface area contributed by atoms with Gasteiger partial charge in [0.1, 0.15) is 0 Å². The van der Waals surface area contributed by atoms with Gasteiger partial charge in [0.25, 0.3) is 17.0 Å². The monoisotopic (exact) mass is 824 g/mol. The molecule has 0 bridgehead atoms. The van der Waals surface area contributed by atoms with Gasteiger partial charge < -0.3 is 23.8 Å². The number of para-hydroxylation sites is 2. The molecule has 60 heavy (non-hydrogen) atoms. The number of halogens is 1. The molecule has 0 radical (unpaired) electrons. The first-order valence-corrected chi connectivity index (χ1v) is 23.1. The first-order chi connectivity index (χ1) is 28.9. The zero-order valence-electron chi connectivity index (χ0n) is 33.5. The summed E-state index contributed by atoms with van der Waals surface area (Å²) in [6.07, 6.45) is -1.15. The highest BCUT2D eigenvalue weighted by atomic mass is 28.4. The third kappa shape index (κ3) is 6.51. The number of fused-ring (bicyclic) bond motifs is 4. The van der Waals surface area contributed by atoms with Crippen LogP contribution < -0.4 is 16.0 Å². The van der Waals surface area contributed by atoms with Crippen molar-refractivity contribution in [3.8, 4) is 11.4 Å². The first kappa shape index (κ1) is 39.1. The number of ether oxygens (including phenoxy) is 1. The Morgan fingerprint density at radius 2 is 1.38 bits per heavy atom. The fourth-order valence-electron chi connectivity index (χ4n) is 9.46. The third-order valence-corrected chi connectivity index (χ3v) is 14.7. The molecule has 1 fully saturated rings. The molecule has 0 unspecified atom stereocenters. The number of aromatic amines is 2. The van der Waals surface area contributed by atoms with Gasteiger partial charge in [0.15, 0.2) is 5.60 Å². The number of anilines is 1. The van der Waals surface area contributed by atoms with Crippen LogP contribution in [0.5, 0.6) is 0 Å². The van der Waals surface area contributed by atoms with Crippen molar-refractivity contribution in [3.05, 3.63) is 159 Å². The van der Waals surface area contributed by atoms with E-state index < -0.39 is 37.5 Å². The van der Waals surface area contributed by atoms with Crippen LogP contribution in [-0.2, 0) is 33.0 Å². The highest BCUT2D eigenvalue weighted by molar-refractivity contribution is 6.72. The Balaban J connectivity index is 1.11. The highest BCUT2D eigenvalue weighted by Crippen LogP contribution is 2.60. The van der Waals surface area contributed by atoms with Gasteiger partial charge in [0, 0.05) is 30.1 Å². The lowest BCUT2D eigenvalue weighted by molar-refractivity contribution is -0.150. The Hall–Kier alpha value is -6.35. The van der Waals surface area contributed by atoms with Crippen LogP contribution >= 0.6 is 0 Å². The van der Waals surface area contributed by atoms with Crippen LogP contribution in [0, 0.1) is 5.92 Å². The molecule has 0 aliphatic carbocycles. The van der Waals surface area contributed by atoms with Gasteiger partial charge in [-0.3, -0.25) is 29.4 Å². The minimum atomic E-state index is -3.66. The number of aliphatic hydroxyl groups is 1. The van der Waals surface area contributed by atoms with Gasteiger partial charge in [-0.1, -0.05) is 73.7 Å². The van der Waals surface area contributed by atoms with Crippen molar-refractivity contribution in [2.75, 3.05) is 18.1 Å². The molecule has 306 valence electrons. The Morgan fingerprint density at radius 3 is 1.98 bits per heavy atom. The second-order valence-corrected chi connectivity index (χ2v) is 20.2. The first-order valence-electron chi connectivity index (χ1n) is 20.1. The number of nitrogens with one attached hydrogen (secondary N) is 2. The summed E-state index contributed by atoms with van der Waals surface area (Å²) in [6, 6.07) is 36.6. The van der Waals surface area contributed by atoms with Gasteiger partial charge in [0.05, 0.1) is 64.5 Å². The topological polar surface area (TPSA) is 146 Å². The van der Waals surface area contributed by atoms with Crippen LogP contribution in [-0.4, -0.2) is 69.0 Å². The smallest absolute Gasteiger partial charge is 0.279 e. The minimum Gasteiger partial charge on any atom is -0.395 e. The molecular formula is C46H45FN6O6Si. The summed E-state index contributed by atoms with van der Waals surface area (Å²) in [6.45, 7) is 5.20. The van der Waals surface area contributed by atoms with E-state index >= 15 is 8.90 Å². The number of aliphatic hydroxyl groups excluding tert-OH is 1. The van der Waals surface area contributed by atoms with Crippen molar-refractivity contribution in [1.82, 2.24) is 24.5 Å². The maximum absolute atomic E-state index is 16.8. The maximum atomic E-state index is 16.8. The molecule has 4 atom stereocenters. The molecule has 2 aliphatic heterocycles. The van der Waals surface area contributed by atoms with Gasteiger partial charge in [-0.2, -0.15) is 0 Å². The Kier molecular flexibility index (Phi) is 9.80. The molecule has 5 aromatic carbocycles. The van der Waals surface area contributed by atoms with E-state index in [1.807, 2.05) is 91.9 Å². The van der Waals surface area contributed by atoms with E-state index in [-0.39, 0.29) is 49.7 Å². The molecule has 1 spiro atoms. The van der Waals surface area contributed by atoms with Gasteiger partial charge in [-0.15, -0.1) is 0 Å². The van der Waals surface area contributed by atoms with Crippen molar-refractivity contribution in [1.29, 1.82) is 0 Å². The van der Waals surface area contributed by atoms with Gasteiger partial charge in [-0.05, 0) is 78.8 Å². The lowest BCUT2D eigenvalue weighted by Crippen LogP contribution is -2.45. The number of hydrogen-bond acceptors (Lipinski definition) is 6. The Labute approximate surface area is 345 Å². The number of nitrogens with zero attached hydrogens (tertiary/aromatic N) is 4. The quantitative estimate of drug-likeness (QED) is 0.0981. The molecule has 7 aromatic rings. The predicted octanol–water partition coefficient (Wildman–Crippen LogP) is 6.68. The van der Waals surface area contributed by atoms with Crippen molar-refractivity contribution < 1.29 is 23.5 Å². The molecule has 14 heteroatoms. The standard InChI is InChI=1S/C46H45FN6O6Si/c1-29-42(60(2,3)47)40(26-41(55)50(23-24-54)27-30-11-5-4-6-12-30)59-46(29)36-25-33(53-44(57)35-14-8-10-16-38(35)49-53)21-22-39(36)51(45(46)58)28-31-17-19-32(20-18-31)52-43(56)34-13-7-9-15-37(34)48-52/h4-22,25,29,40,42,48-49,54H,23-24,26-28H2,1-3H3/t29-,40+,42-,46+/m0/s1. The highest BCUT2D eigenvalue weighted by Gasteiger charge is 2.67. The van der Waals surface area contributed by atoms with E-state index in [0.717, 1.165) is 11.1 Å². The SMILES string of the molecule is C[C@H]1[C@H]([Si](C)(C)F)[C@@H](CC(=O)N(CCO)Cc2ccccc2)O[C@]12C(=O)N(Cc1ccc(-n3[nH]c4ccccc4c3=O)cc1)c1ccc(-n3[nH]c4ccccc4c3=O)cc12. The van der Waals surface area contributed by atoms with Crippen LogP contribution in [0.3, 0.4) is 0 Å². The fraction of sp³-hybridized carbons (Fsp3) is 0.261. The fourth-order valence-corrected chi connectivity index (χ4v) is 12.0. The molecule has 1 saturated heterocycles. The number of amides is 2. The summed E-state index contributed by atoms with van der Waals surface area (Å²) in [7, 11) is -3.66. The molecular weight excluding hydrogens is 780 g/mol. The molecule has 3 N–H and O–H groups in total. The van der Waals surface area contributed by atoms with E-state index in [0.29, 0.717) is 44.4 Å². The number of rotatable bonds is 11. The van der Waals surface area contributed by atoms with Gasteiger partial charge in [-0.25, -0.2) is 9.36 Å². The molecule has 12 nitrogen and oxygen atoms in total. The van der Waals surface area contributed by atoms with Crippen molar-refractivity contribution >= 4 is 47.7 Å². The molecule has 9 rings (SSSR count). The van der Waals surface area contributed by atoms with Crippen molar-refractivity contribution in [2.24, 2.45) is 5.92 Å². The van der Waals surface area contributed by atoms with Gasteiger partial charge in [0.2, 0.25) is 14.3 Å². The predicted molar refractivity (Wildman–Crippen MR) is 231 cm³/mol. The number of carbonyl (C=O) groups excluding carboxylic acids is 2. The van der Waals surface area contributed by atoms with E-state index in [4.69, 9.17) is 4.74 Å². The Morgan fingerprint density at radius 1 is 0.800 bits per heavy atom.